The third kappa shape index (κ3) is 4.72. The van der Waals surface area contributed by atoms with Gasteiger partial charge in [-0.1, -0.05) is 6.07 Å². The van der Waals surface area contributed by atoms with Gasteiger partial charge < -0.3 is 9.64 Å². The van der Waals surface area contributed by atoms with Crippen LogP contribution in [0, 0.1) is 0 Å². The molecule has 0 aromatic carbocycles. The van der Waals surface area contributed by atoms with Gasteiger partial charge in [0.15, 0.2) is 0 Å². The Morgan fingerprint density at radius 1 is 1.07 bits per heavy atom. The van der Waals surface area contributed by atoms with Crippen LogP contribution in [0.4, 0.5) is 0 Å². The molecule has 4 rings (SSSR count). The SMILES string of the molecule is O=C(CCc1cncnc1)N1CCC2OCCN(Cc3cccnc3)C2CC1. The van der Waals surface area contributed by atoms with Crippen molar-refractivity contribution in [3.8, 4) is 0 Å². The summed E-state index contributed by atoms with van der Waals surface area (Å²) in [6.07, 6.45) is 12.1. The van der Waals surface area contributed by atoms with Crippen molar-refractivity contribution in [1.29, 1.82) is 0 Å². The second-order valence-corrected chi connectivity index (χ2v) is 7.51. The first kappa shape index (κ1) is 19.0. The first-order valence-corrected chi connectivity index (χ1v) is 10.1. The Morgan fingerprint density at radius 3 is 2.71 bits per heavy atom. The van der Waals surface area contributed by atoms with E-state index in [4.69, 9.17) is 4.74 Å². The topological polar surface area (TPSA) is 71.5 Å². The normalized spacial score (nSPS) is 23.1. The van der Waals surface area contributed by atoms with Crippen LogP contribution in [0.5, 0.6) is 0 Å². The maximum absolute atomic E-state index is 12.7. The predicted octanol–water partition coefficient (Wildman–Crippen LogP) is 1.70. The third-order valence-corrected chi connectivity index (χ3v) is 5.69. The summed E-state index contributed by atoms with van der Waals surface area (Å²) in [5, 5.41) is 0. The molecule has 0 radical (unpaired) electrons. The van der Waals surface area contributed by atoms with E-state index in [1.807, 2.05) is 23.4 Å². The van der Waals surface area contributed by atoms with Gasteiger partial charge in [0.25, 0.3) is 0 Å². The molecule has 2 saturated heterocycles. The number of carbonyl (C=O) groups is 1. The molecular formula is C21H27N5O2. The summed E-state index contributed by atoms with van der Waals surface area (Å²) in [5.41, 5.74) is 2.23. The average Bonchev–Trinajstić information content (AvgIpc) is 2.97. The molecule has 4 heterocycles. The zero-order valence-corrected chi connectivity index (χ0v) is 16.1. The molecule has 7 heteroatoms. The van der Waals surface area contributed by atoms with Crippen molar-refractivity contribution < 1.29 is 9.53 Å². The number of fused-ring (bicyclic) bond motifs is 1. The number of hydrogen-bond donors (Lipinski definition) is 0. The number of morpholine rings is 1. The molecule has 2 aliphatic rings. The lowest BCUT2D eigenvalue weighted by atomic mass is 10.0. The largest absolute Gasteiger partial charge is 0.375 e. The zero-order chi connectivity index (χ0) is 19.2. The molecule has 0 bridgehead atoms. The second-order valence-electron chi connectivity index (χ2n) is 7.51. The molecular weight excluding hydrogens is 354 g/mol. The summed E-state index contributed by atoms with van der Waals surface area (Å²) in [6, 6.07) is 4.46. The van der Waals surface area contributed by atoms with Crippen molar-refractivity contribution in [3.63, 3.8) is 0 Å². The molecule has 7 nitrogen and oxygen atoms in total. The second kappa shape index (κ2) is 9.21. The molecule has 2 unspecified atom stereocenters. The first-order chi connectivity index (χ1) is 13.8. The Morgan fingerprint density at radius 2 is 1.89 bits per heavy atom. The summed E-state index contributed by atoms with van der Waals surface area (Å²) in [5.74, 6) is 0.210. The standard InChI is InChI=1S/C21H27N5O2/c27-21(4-3-17-12-23-16-24-13-17)25-8-5-19-20(6-9-25)28-11-10-26(19)15-18-2-1-7-22-14-18/h1-2,7,12-14,16,19-20H,3-6,8-11,15H2. The van der Waals surface area contributed by atoms with Gasteiger partial charge in [-0.25, -0.2) is 9.97 Å². The summed E-state index contributed by atoms with van der Waals surface area (Å²) in [6.45, 7) is 4.13. The quantitative estimate of drug-likeness (QED) is 0.785. The van der Waals surface area contributed by atoms with E-state index < -0.39 is 0 Å². The van der Waals surface area contributed by atoms with Crippen LogP contribution in [0.3, 0.4) is 0 Å². The van der Waals surface area contributed by atoms with E-state index >= 15 is 0 Å². The number of carbonyl (C=O) groups excluding carboxylic acids is 1. The maximum Gasteiger partial charge on any atom is 0.222 e. The number of pyridine rings is 1. The number of aryl methyl sites for hydroxylation is 1. The minimum atomic E-state index is 0.200. The van der Waals surface area contributed by atoms with E-state index in [-0.39, 0.29) is 12.0 Å². The van der Waals surface area contributed by atoms with Crippen LogP contribution < -0.4 is 0 Å². The van der Waals surface area contributed by atoms with Crippen LogP contribution in [-0.4, -0.2) is 69.0 Å². The molecule has 2 aromatic heterocycles. The van der Waals surface area contributed by atoms with Crippen molar-refractivity contribution in [1.82, 2.24) is 24.8 Å². The van der Waals surface area contributed by atoms with Crippen molar-refractivity contribution >= 4 is 5.91 Å². The summed E-state index contributed by atoms with van der Waals surface area (Å²) in [7, 11) is 0. The van der Waals surface area contributed by atoms with Gasteiger partial charge >= 0.3 is 0 Å². The highest BCUT2D eigenvalue weighted by Crippen LogP contribution is 2.25. The van der Waals surface area contributed by atoms with Gasteiger partial charge in [-0.15, -0.1) is 0 Å². The first-order valence-electron chi connectivity index (χ1n) is 10.1. The Labute approximate surface area is 165 Å². The van der Waals surface area contributed by atoms with E-state index in [0.717, 1.165) is 51.2 Å². The van der Waals surface area contributed by atoms with Crippen LogP contribution >= 0.6 is 0 Å². The van der Waals surface area contributed by atoms with Gasteiger partial charge in [0.1, 0.15) is 6.33 Å². The Bertz CT molecular complexity index is 758. The lowest BCUT2D eigenvalue weighted by Crippen LogP contribution is -2.50. The lowest BCUT2D eigenvalue weighted by Gasteiger charge is -2.40. The summed E-state index contributed by atoms with van der Waals surface area (Å²) >= 11 is 0. The molecule has 0 N–H and O–H groups in total. The van der Waals surface area contributed by atoms with Gasteiger partial charge in [0, 0.05) is 63.4 Å². The molecule has 2 atom stereocenters. The highest BCUT2D eigenvalue weighted by Gasteiger charge is 2.35. The zero-order valence-electron chi connectivity index (χ0n) is 16.1. The summed E-state index contributed by atoms with van der Waals surface area (Å²) < 4.78 is 6.08. The molecule has 148 valence electrons. The van der Waals surface area contributed by atoms with Crippen molar-refractivity contribution in [3.05, 3.63) is 54.4 Å². The third-order valence-electron chi connectivity index (χ3n) is 5.69. The smallest absolute Gasteiger partial charge is 0.222 e. The van der Waals surface area contributed by atoms with Crippen molar-refractivity contribution in [2.24, 2.45) is 0 Å². The maximum atomic E-state index is 12.7. The molecule has 0 aliphatic carbocycles. The highest BCUT2D eigenvalue weighted by atomic mass is 16.5. The molecule has 2 aliphatic heterocycles. The molecule has 0 saturated carbocycles. The molecule has 28 heavy (non-hydrogen) atoms. The summed E-state index contributed by atoms with van der Waals surface area (Å²) in [4.78, 5) is 29.5. The van der Waals surface area contributed by atoms with Crippen molar-refractivity contribution in [2.75, 3.05) is 26.2 Å². The average molecular weight is 381 g/mol. The Balaban J connectivity index is 1.34. The van der Waals surface area contributed by atoms with Crippen LogP contribution in [0.2, 0.25) is 0 Å². The van der Waals surface area contributed by atoms with Crippen LogP contribution in [-0.2, 0) is 22.5 Å². The van der Waals surface area contributed by atoms with Crippen LogP contribution in [0.1, 0.15) is 30.4 Å². The van der Waals surface area contributed by atoms with Gasteiger partial charge in [-0.05, 0) is 36.5 Å². The minimum Gasteiger partial charge on any atom is -0.375 e. The van der Waals surface area contributed by atoms with E-state index in [2.05, 4.69) is 25.9 Å². The number of amides is 1. The fourth-order valence-electron chi connectivity index (χ4n) is 4.20. The van der Waals surface area contributed by atoms with E-state index in [1.165, 1.54) is 11.9 Å². The van der Waals surface area contributed by atoms with E-state index in [1.54, 1.807) is 12.4 Å². The van der Waals surface area contributed by atoms with Crippen LogP contribution in [0.15, 0.2) is 43.2 Å². The fourth-order valence-corrected chi connectivity index (χ4v) is 4.20. The highest BCUT2D eigenvalue weighted by molar-refractivity contribution is 5.76. The molecule has 0 spiro atoms. The number of ether oxygens (including phenoxy) is 1. The Kier molecular flexibility index (Phi) is 6.24. The number of likely N-dealkylation sites (tertiary alicyclic amines) is 1. The monoisotopic (exact) mass is 381 g/mol. The lowest BCUT2D eigenvalue weighted by molar-refractivity contribution is -0.131. The minimum absolute atomic E-state index is 0.200. The van der Waals surface area contributed by atoms with Gasteiger partial charge in [-0.3, -0.25) is 14.7 Å². The number of aromatic nitrogens is 3. The molecule has 1 amide bonds. The molecule has 2 fully saturated rings. The van der Waals surface area contributed by atoms with Gasteiger partial charge in [0.2, 0.25) is 5.91 Å². The Hall–Kier alpha value is -2.38. The van der Waals surface area contributed by atoms with Gasteiger partial charge in [0.05, 0.1) is 12.7 Å². The predicted molar refractivity (Wildman–Crippen MR) is 104 cm³/mol. The number of nitrogens with zero attached hydrogens (tertiary/aromatic N) is 5. The van der Waals surface area contributed by atoms with E-state index in [0.29, 0.717) is 18.9 Å². The number of hydrogen-bond acceptors (Lipinski definition) is 6. The van der Waals surface area contributed by atoms with Gasteiger partial charge in [-0.2, -0.15) is 0 Å². The number of rotatable bonds is 5. The molecule has 2 aromatic rings. The van der Waals surface area contributed by atoms with E-state index in [9.17, 15) is 4.79 Å². The fraction of sp³-hybridized carbons (Fsp3) is 0.524. The van der Waals surface area contributed by atoms with Crippen molar-refractivity contribution in [2.45, 2.75) is 44.4 Å². The van der Waals surface area contributed by atoms with Crippen LogP contribution in [0.25, 0.3) is 0 Å².